The molecular weight excluding hydrogens is 418 g/mol. The van der Waals surface area contributed by atoms with E-state index < -0.39 is 10.8 Å². The van der Waals surface area contributed by atoms with Crippen molar-refractivity contribution in [2.45, 2.75) is 19.8 Å². The predicted octanol–water partition coefficient (Wildman–Crippen LogP) is 5.30. The number of carbonyl (C=O) groups excluding carboxylic acids is 2. The van der Waals surface area contributed by atoms with Gasteiger partial charge in [-0.25, -0.2) is 0 Å². The summed E-state index contributed by atoms with van der Waals surface area (Å²) >= 11 is 0. The van der Waals surface area contributed by atoms with Crippen LogP contribution in [0.5, 0.6) is 0 Å². The van der Waals surface area contributed by atoms with Crippen LogP contribution in [0.4, 0.5) is 11.4 Å². The SMILES string of the molecule is CCCCNC(=O)c1ccccc1NC(=O)/C(=C/c1cccc([N+](=O)[O-])c1)c1ccccc1. The van der Waals surface area contributed by atoms with Crippen LogP contribution in [0.3, 0.4) is 0 Å². The molecule has 3 aromatic rings. The average molecular weight is 444 g/mol. The fraction of sp³-hybridized carbons (Fsp3) is 0.154. The molecule has 0 aliphatic rings. The Balaban J connectivity index is 1.94. The summed E-state index contributed by atoms with van der Waals surface area (Å²) in [6.45, 7) is 2.60. The summed E-state index contributed by atoms with van der Waals surface area (Å²) in [4.78, 5) is 36.6. The van der Waals surface area contributed by atoms with Gasteiger partial charge >= 0.3 is 0 Å². The lowest BCUT2D eigenvalue weighted by Crippen LogP contribution is -2.26. The van der Waals surface area contributed by atoms with E-state index in [-0.39, 0.29) is 11.6 Å². The van der Waals surface area contributed by atoms with Crippen LogP contribution in [0, 0.1) is 10.1 Å². The third-order valence-electron chi connectivity index (χ3n) is 4.96. The highest BCUT2D eigenvalue weighted by molar-refractivity contribution is 6.29. The molecule has 168 valence electrons. The van der Waals surface area contributed by atoms with E-state index in [0.29, 0.717) is 34.5 Å². The summed E-state index contributed by atoms with van der Waals surface area (Å²) in [5.41, 5.74) is 2.17. The summed E-state index contributed by atoms with van der Waals surface area (Å²) in [7, 11) is 0. The highest BCUT2D eigenvalue weighted by atomic mass is 16.6. The van der Waals surface area contributed by atoms with Crippen LogP contribution in [0.1, 0.15) is 41.3 Å². The normalized spacial score (nSPS) is 11.0. The highest BCUT2D eigenvalue weighted by Crippen LogP contribution is 2.24. The van der Waals surface area contributed by atoms with E-state index in [2.05, 4.69) is 10.6 Å². The van der Waals surface area contributed by atoms with Crippen molar-refractivity contribution < 1.29 is 14.5 Å². The number of carbonyl (C=O) groups is 2. The van der Waals surface area contributed by atoms with Crippen LogP contribution in [0.25, 0.3) is 11.6 Å². The zero-order valence-electron chi connectivity index (χ0n) is 18.3. The molecule has 0 radical (unpaired) electrons. The molecule has 0 saturated heterocycles. The fourth-order valence-electron chi connectivity index (χ4n) is 3.25. The molecule has 0 spiro atoms. The van der Waals surface area contributed by atoms with E-state index in [9.17, 15) is 19.7 Å². The number of benzene rings is 3. The number of amides is 2. The van der Waals surface area contributed by atoms with E-state index >= 15 is 0 Å². The van der Waals surface area contributed by atoms with Gasteiger partial charge in [0.05, 0.1) is 16.2 Å². The maximum absolute atomic E-state index is 13.3. The number of para-hydroxylation sites is 1. The number of nitrogens with zero attached hydrogens (tertiary/aromatic N) is 1. The summed E-state index contributed by atoms with van der Waals surface area (Å²) in [6, 6.07) is 21.9. The average Bonchev–Trinajstić information content (AvgIpc) is 2.83. The molecule has 7 nitrogen and oxygen atoms in total. The molecule has 0 aliphatic heterocycles. The third kappa shape index (κ3) is 6.36. The summed E-state index contributed by atoms with van der Waals surface area (Å²) < 4.78 is 0. The highest BCUT2D eigenvalue weighted by Gasteiger charge is 2.17. The van der Waals surface area contributed by atoms with Crippen molar-refractivity contribution in [1.29, 1.82) is 0 Å². The maximum atomic E-state index is 13.3. The van der Waals surface area contributed by atoms with Gasteiger partial charge in [0.25, 0.3) is 17.5 Å². The van der Waals surface area contributed by atoms with Gasteiger partial charge in [0.1, 0.15) is 0 Å². The Hall–Kier alpha value is -4.26. The Morgan fingerprint density at radius 3 is 2.42 bits per heavy atom. The molecule has 0 atom stereocenters. The maximum Gasteiger partial charge on any atom is 0.270 e. The molecule has 33 heavy (non-hydrogen) atoms. The first-order valence-electron chi connectivity index (χ1n) is 10.7. The van der Waals surface area contributed by atoms with Crippen LogP contribution in [0.15, 0.2) is 78.9 Å². The van der Waals surface area contributed by atoms with Crippen molar-refractivity contribution in [3.05, 3.63) is 106 Å². The van der Waals surface area contributed by atoms with Crippen molar-refractivity contribution in [2.24, 2.45) is 0 Å². The number of non-ortho nitro benzene ring substituents is 1. The Morgan fingerprint density at radius 1 is 0.970 bits per heavy atom. The lowest BCUT2D eigenvalue weighted by atomic mass is 10.0. The van der Waals surface area contributed by atoms with Gasteiger partial charge in [-0.2, -0.15) is 0 Å². The second kappa shape index (κ2) is 11.4. The van der Waals surface area contributed by atoms with Crippen molar-refractivity contribution in [3.63, 3.8) is 0 Å². The van der Waals surface area contributed by atoms with Crippen LogP contribution >= 0.6 is 0 Å². The molecule has 0 aliphatic carbocycles. The third-order valence-corrected chi connectivity index (χ3v) is 4.96. The molecule has 0 fully saturated rings. The van der Waals surface area contributed by atoms with E-state index in [0.717, 1.165) is 12.8 Å². The van der Waals surface area contributed by atoms with Crippen molar-refractivity contribution in [3.8, 4) is 0 Å². The molecule has 0 unspecified atom stereocenters. The number of nitrogens with one attached hydrogen (secondary N) is 2. The van der Waals surface area contributed by atoms with Gasteiger partial charge in [-0.15, -0.1) is 0 Å². The van der Waals surface area contributed by atoms with Gasteiger partial charge in [-0.05, 0) is 35.8 Å². The molecule has 3 rings (SSSR count). The number of rotatable bonds is 9. The molecule has 2 amide bonds. The fourth-order valence-corrected chi connectivity index (χ4v) is 3.25. The topological polar surface area (TPSA) is 101 Å². The van der Waals surface area contributed by atoms with E-state index in [1.165, 1.54) is 12.1 Å². The summed E-state index contributed by atoms with van der Waals surface area (Å²) in [6.07, 6.45) is 3.42. The first-order valence-corrected chi connectivity index (χ1v) is 10.7. The standard InChI is InChI=1S/C26H25N3O4/c1-2-3-16-27-25(30)22-14-7-8-15-24(22)28-26(31)23(20-11-5-4-6-12-20)18-19-10-9-13-21(17-19)29(32)33/h4-15,17-18H,2-3,16H2,1H3,(H,27,30)(H,28,31)/b23-18+. The second-order valence-corrected chi connectivity index (χ2v) is 7.39. The number of nitro groups is 1. The van der Waals surface area contributed by atoms with Gasteiger partial charge in [-0.1, -0.05) is 67.9 Å². The van der Waals surface area contributed by atoms with Gasteiger partial charge in [0.15, 0.2) is 0 Å². The zero-order valence-corrected chi connectivity index (χ0v) is 18.3. The lowest BCUT2D eigenvalue weighted by molar-refractivity contribution is -0.384. The minimum Gasteiger partial charge on any atom is -0.352 e. The monoisotopic (exact) mass is 443 g/mol. The van der Waals surface area contributed by atoms with Crippen molar-refractivity contribution in [1.82, 2.24) is 5.32 Å². The molecule has 0 saturated carbocycles. The number of anilines is 1. The number of hydrogen-bond donors (Lipinski definition) is 2. The number of nitro benzene ring substituents is 1. The largest absolute Gasteiger partial charge is 0.352 e. The van der Waals surface area contributed by atoms with Gasteiger partial charge < -0.3 is 10.6 Å². The smallest absolute Gasteiger partial charge is 0.270 e. The zero-order chi connectivity index (χ0) is 23.6. The molecular formula is C26H25N3O4. The van der Waals surface area contributed by atoms with E-state index in [1.807, 2.05) is 13.0 Å². The Kier molecular flexibility index (Phi) is 8.07. The van der Waals surface area contributed by atoms with Crippen molar-refractivity contribution in [2.75, 3.05) is 11.9 Å². The number of unbranched alkanes of at least 4 members (excludes halogenated alkanes) is 1. The second-order valence-electron chi connectivity index (χ2n) is 7.39. The van der Waals surface area contributed by atoms with E-state index in [1.54, 1.807) is 66.7 Å². The first-order chi connectivity index (χ1) is 16.0. The minimum absolute atomic E-state index is 0.0642. The summed E-state index contributed by atoms with van der Waals surface area (Å²) in [5, 5.41) is 16.8. The van der Waals surface area contributed by atoms with Crippen LogP contribution in [-0.2, 0) is 4.79 Å². The van der Waals surface area contributed by atoms with Gasteiger partial charge in [0.2, 0.25) is 0 Å². The lowest BCUT2D eigenvalue weighted by Gasteiger charge is -2.13. The Bertz CT molecular complexity index is 1170. The minimum atomic E-state index is -0.479. The molecule has 0 bridgehead atoms. The molecule has 2 N–H and O–H groups in total. The predicted molar refractivity (Wildman–Crippen MR) is 130 cm³/mol. The van der Waals surface area contributed by atoms with Crippen LogP contribution in [0.2, 0.25) is 0 Å². The van der Waals surface area contributed by atoms with Crippen LogP contribution in [-0.4, -0.2) is 23.3 Å². The quantitative estimate of drug-likeness (QED) is 0.154. The Morgan fingerprint density at radius 2 is 1.70 bits per heavy atom. The van der Waals surface area contributed by atoms with Crippen molar-refractivity contribution >= 4 is 34.8 Å². The summed E-state index contributed by atoms with van der Waals surface area (Å²) in [5.74, 6) is -0.690. The van der Waals surface area contributed by atoms with Gasteiger partial charge in [0, 0.05) is 24.3 Å². The molecule has 0 heterocycles. The van der Waals surface area contributed by atoms with Crippen LogP contribution < -0.4 is 10.6 Å². The Labute approximate surface area is 192 Å². The molecule has 3 aromatic carbocycles. The van der Waals surface area contributed by atoms with E-state index in [4.69, 9.17) is 0 Å². The molecule has 7 heteroatoms. The molecule has 0 aromatic heterocycles. The number of hydrogen-bond acceptors (Lipinski definition) is 4. The first kappa shape index (κ1) is 23.4. The van der Waals surface area contributed by atoms with Gasteiger partial charge in [-0.3, -0.25) is 19.7 Å².